The van der Waals surface area contributed by atoms with Crippen molar-refractivity contribution in [2.24, 2.45) is 5.92 Å². The molecule has 0 aromatic rings. The minimum Gasteiger partial charge on any atom is -0.109 e. The summed E-state index contributed by atoms with van der Waals surface area (Å²) in [5.74, 6) is 1.09. The molecule has 0 nitrogen and oxygen atoms in total. The van der Waals surface area contributed by atoms with Gasteiger partial charge in [0, 0.05) is 0 Å². The van der Waals surface area contributed by atoms with E-state index >= 15 is 0 Å². The molecule has 0 bridgehead atoms. The number of hydrogen-bond donors (Lipinski definition) is 0. The average Bonchev–Trinajstić information content (AvgIpc) is 2.08. The summed E-state index contributed by atoms with van der Waals surface area (Å²) < 4.78 is 0. The van der Waals surface area contributed by atoms with E-state index in [1.54, 1.807) is 0 Å². The Morgan fingerprint density at radius 2 is 1.55 bits per heavy atom. The topological polar surface area (TPSA) is 0 Å². The molecule has 11 heavy (non-hydrogen) atoms. The van der Waals surface area contributed by atoms with Crippen LogP contribution in [0.25, 0.3) is 0 Å². The predicted molar refractivity (Wildman–Crippen MR) is 53.4 cm³/mol. The maximum Gasteiger partial charge on any atom is 0.0967 e. The van der Waals surface area contributed by atoms with Crippen molar-refractivity contribution >= 4 is 23.2 Å². The van der Waals surface area contributed by atoms with Gasteiger partial charge in [0.2, 0.25) is 0 Å². The SMILES string of the molecule is CCC1CCCCC1.ClCCl. The van der Waals surface area contributed by atoms with Gasteiger partial charge in [-0.1, -0.05) is 45.4 Å². The average molecular weight is 197 g/mol. The van der Waals surface area contributed by atoms with Crippen LogP contribution in [0.5, 0.6) is 0 Å². The van der Waals surface area contributed by atoms with Gasteiger partial charge in [-0.25, -0.2) is 0 Å². The van der Waals surface area contributed by atoms with Gasteiger partial charge in [0.15, 0.2) is 0 Å². The van der Waals surface area contributed by atoms with E-state index in [1.165, 1.54) is 38.5 Å². The Labute approximate surface area is 80.3 Å². The first-order chi connectivity index (χ1) is 5.35. The van der Waals surface area contributed by atoms with E-state index in [-0.39, 0.29) is 5.34 Å². The Morgan fingerprint density at radius 1 is 1.09 bits per heavy atom. The van der Waals surface area contributed by atoms with Crippen LogP contribution in [0.2, 0.25) is 0 Å². The van der Waals surface area contributed by atoms with E-state index in [9.17, 15) is 0 Å². The molecule has 2 heteroatoms. The highest BCUT2D eigenvalue weighted by Gasteiger charge is 2.09. The Balaban J connectivity index is 0.000000292. The zero-order valence-electron chi connectivity index (χ0n) is 7.28. The van der Waals surface area contributed by atoms with Crippen LogP contribution in [0.15, 0.2) is 0 Å². The van der Waals surface area contributed by atoms with E-state index < -0.39 is 0 Å². The summed E-state index contributed by atoms with van der Waals surface area (Å²) in [7, 11) is 0. The van der Waals surface area contributed by atoms with Gasteiger partial charge in [-0.2, -0.15) is 0 Å². The third kappa shape index (κ3) is 6.96. The van der Waals surface area contributed by atoms with Crippen LogP contribution in [0.1, 0.15) is 45.4 Å². The molecule has 0 aromatic carbocycles. The number of halogens is 2. The van der Waals surface area contributed by atoms with Gasteiger partial charge in [-0.3, -0.25) is 0 Å². The molecule has 0 radical (unpaired) electrons. The molecule has 1 rings (SSSR count). The van der Waals surface area contributed by atoms with Crippen molar-refractivity contribution in [1.29, 1.82) is 0 Å². The fourth-order valence-electron chi connectivity index (χ4n) is 1.60. The largest absolute Gasteiger partial charge is 0.109 e. The zero-order valence-corrected chi connectivity index (χ0v) is 8.79. The number of rotatable bonds is 1. The fourth-order valence-corrected chi connectivity index (χ4v) is 1.60. The van der Waals surface area contributed by atoms with Gasteiger partial charge >= 0.3 is 0 Å². The highest BCUT2D eigenvalue weighted by molar-refractivity contribution is 6.40. The molecule has 0 N–H and O–H groups in total. The molecular formula is C9H18Cl2. The van der Waals surface area contributed by atoms with Crippen molar-refractivity contribution in [3.05, 3.63) is 0 Å². The first-order valence-electron chi connectivity index (χ1n) is 4.47. The van der Waals surface area contributed by atoms with Crippen LogP contribution in [-0.4, -0.2) is 5.34 Å². The standard InChI is InChI=1S/C8H16.CH2Cl2/c1-2-8-6-4-3-5-7-8;2-1-3/h8H,2-7H2,1H3;1H2. The Kier molecular flexibility index (Phi) is 9.13. The molecule has 1 fully saturated rings. The maximum absolute atomic E-state index is 4.76. The van der Waals surface area contributed by atoms with Crippen LogP contribution in [0, 0.1) is 5.92 Å². The molecule has 0 unspecified atom stereocenters. The summed E-state index contributed by atoms with van der Waals surface area (Å²) >= 11 is 9.53. The molecule has 1 saturated carbocycles. The molecular weight excluding hydrogens is 179 g/mol. The second-order valence-electron chi connectivity index (χ2n) is 3.01. The van der Waals surface area contributed by atoms with Crippen molar-refractivity contribution in [3.63, 3.8) is 0 Å². The minimum absolute atomic E-state index is 0.194. The number of hydrogen-bond acceptors (Lipinski definition) is 0. The first-order valence-corrected chi connectivity index (χ1v) is 5.54. The van der Waals surface area contributed by atoms with Gasteiger partial charge in [-0.15, -0.1) is 23.2 Å². The Bertz CT molecular complexity index is 68.0. The molecule has 0 aliphatic heterocycles. The molecule has 0 saturated heterocycles. The van der Waals surface area contributed by atoms with Crippen molar-refractivity contribution in [3.8, 4) is 0 Å². The molecule has 0 atom stereocenters. The lowest BCUT2D eigenvalue weighted by Gasteiger charge is -2.18. The number of alkyl halides is 2. The molecule has 68 valence electrons. The van der Waals surface area contributed by atoms with Crippen molar-refractivity contribution in [1.82, 2.24) is 0 Å². The third-order valence-corrected chi connectivity index (χ3v) is 2.30. The van der Waals surface area contributed by atoms with E-state index in [4.69, 9.17) is 23.2 Å². The van der Waals surface area contributed by atoms with Crippen LogP contribution in [0.3, 0.4) is 0 Å². The lowest BCUT2D eigenvalue weighted by atomic mass is 9.88. The van der Waals surface area contributed by atoms with Crippen LogP contribution in [0.4, 0.5) is 0 Å². The maximum atomic E-state index is 4.76. The van der Waals surface area contributed by atoms with E-state index in [1.807, 2.05) is 0 Å². The van der Waals surface area contributed by atoms with Gasteiger partial charge in [0.25, 0.3) is 0 Å². The highest BCUT2D eigenvalue weighted by Crippen LogP contribution is 2.25. The monoisotopic (exact) mass is 196 g/mol. The fraction of sp³-hybridized carbons (Fsp3) is 1.00. The smallest absolute Gasteiger partial charge is 0.0967 e. The van der Waals surface area contributed by atoms with Gasteiger partial charge in [0.05, 0.1) is 5.34 Å². The zero-order chi connectivity index (χ0) is 8.53. The molecule has 0 amide bonds. The minimum atomic E-state index is 0.194. The highest BCUT2D eigenvalue weighted by atomic mass is 35.5. The summed E-state index contributed by atoms with van der Waals surface area (Å²) in [6, 6.07) is 0. The summed E-state index contributed by atoms with van der Waals surface area (Å²) in [5.41, 5.74) is 0. The molecule has 0 spiro atoms. The summed E-state index contributed by atoms with van der Waals surface area (Å²) in [4.78, 5) is 0. The third-order valence-electron chi connectivity index (χ3n) is 2.30. The molecule has 0 heterocycles. The van der Waals surface area contributed by atoms with Crippen LogP contribution >= 0.6 is 23.2 Å². The Morgan fingerprint density at radius 3 is 1.82 bits per heavy atom. The van der Waals surface area contributed by atoms with Crippen molar-refractivity contribution < 1.29 is 0 Å². The normalized spacial score (nSPS) is 18.8. The summed E-state index contributed by atoms with van der Waals surface area (Å²) in [5, 5.41) is 0.194. The van der Waals surface area contributed by atoms with Crippen molar-refractivity contribution in [2.45, 2.75) is 45.4 Å². The van der Waals surface area contributed by atoms with Gasteiger partial charge in [-0.05, 0) is 5.92 Å². The van der Waals surface area contributed by atoms with Gasteiger partial charge < -0.3 is 0 Å². The van der Waals surface area contributed by atoms with Crippen LogP contribution < -0.4 is 0 Å². The summed E-state index contributed by atoms with van der Waals surface area (Å²) in [6.07, 6.45) is 8.93. The van der Waals surface area contributed by atoms with E-state index in [0.717, 1.165) is 5.92 Å². The molecule has 1 aliphatic rings. The lowest BCUT2D eigenvalue weighted by molar-refractivity contribution is 0.349. The summed E-state index contributed by atoms with van der Waals surface area (Å²) in [6.45, 7) is 2.32. The molecule has 1 aliphatic carbocycles. The Hall–Kier alpha value is 0.580. The lowest BCUT2D eigenvalue weighted by Crippen LogP contribution is -2.03. The van der Waals surface area contributed by atoms with E-state index in [0.29, 0.717) is 0 Å². The van der Waals surface area contributed by atoms with E-state index in [2.05, 4.69) is 6.92 Å². The van der Waals surface area contributed by atoms with Crippen molar-refractivity contribution in [2.75, 3.05) is 5.34 Å². The predicted octanol–water partition coefficient (Wildman–Crippen LogP) is 4.40. The van der Waals surface area contributed by atoms with Crippen LogP contribution in [-0.2, 0) is 0 Å². The molecule has 0 aromatic heterocycles. The second kappa shape index (κ2) is 8.67. The first kappa shape index (κ1) is 11.6. The quantitative estimate of drug-likeness (QED) is 0.546. The second-order valence-corrected chi connectivity index (χ2v) is 3.82. The van der Waals surface area contributed by atoms with Gasteiger partial charge in [0.1, 0.15) is 0 Å².